The van der Waals surface area contributed by atoms with Crippen LogP contribution in [0, 0.1) is 0 Å². The van der Waals surface area contributed by atoms with Crippen LogP contribution in [0.25, 0.3) is 0 Å². The van der Waals surface area contributed by atoms with Gasteiger partial charge in [-0.15, -0.1) is 0 Å². The van der Waals surface area contributed by atoms with Crippen molar-refractivity contribution >= 4 is 5.69 Å². The second-order valence-electron chi connectivity index (χ2n) is 4.19. The van der Waals surface area contributed by atoms with E-state index in [9.17, 15) is 5.11 Å². The Morgan fingerprint density at radius 2 is 2.07 bits per heavy atom. The molecular weight excluding hydrogens is 188 g/mol. The van der Waals surface area contributed by atoms with Gasteiger partial charge in [-0.2, -0.15) is 0 Å². The number of aliphatic hydroxyl groups is 1. The van der Waals surface area contributed by atoms with E-state index < -0.39 is 0 Å². The molecule has 1 aliphatic heterocycles. The van der Waals surface area contributed by atoms with Gasteiger partial charge >= 0.3 is 0 Å². The minimum absolute atomic E-state index is 0.273. The maximum Gasteiger partial charge on any atom is 0.0587 e. The number of benzene rings is 1. The molecule has 82 valence electrons. The third kappa shape index (κ3) is 2.49. The fourth-order valence-electron chi connectivity index (χ4n) is 2.17. The summed E-state index contributed by atoms with van der Waals surface area (Å²) in [6, 6.07) is 8.32. The molecule has 0 aliphatic carbocycles. The Labute approximate surface area is 90.5 Å². The van der Waals surface area contributed by atoms with Crippen LogP contribution in [-0.2, 0) is 6.54 Å². The number of hydrogen-bond donors (Lipinski definition) is 2. The highest BCUT2D eigenvalue weighted by atomic mass is 16.3. The predicted molar refractivity (Wildman–Crippen MR) is 61.4 cm³/mol. The second kappa shape index (κ2) is 4.64. The Morgan fingerprint density at radius 3 is 2.73 bits per heavy atom. The number of aliphatic hydroxyl groups excluding tert-OH is 1. The van der Waals surface area contributed by atoms with Crippen LogP contribution in [0.5, 0.6) is 0 Å². The number of nitrogens with two attached hydrogens (primary N) is 1. The van der Waals surface area contributed by atoms with Crippen molar-refractivity contribution in [3.63, 3.8) is 0 Å². The lowest BCUT2D eigenvalue weighted by atomic mass is 10.2. The van der Waals surface area contributed by atoms with Crippen LogP contribution in [0.4, 0.5) is 5.69 Å². The van der Waals surface area contributed by atoms with Crippen molar-refractivity contribution in [3.8, 4) is 0 Å². The first kappa shape index (κ1) is 10.5. The molecule has 1 fully saturated rings. The van der Waals surface area contributed by atoms with E-state index in [0.29, 0.717) is 6.04 Å². The molecule has 3 N–H and O–H groups in total. The van der Waals surface area contributed by atoms with Crippen molar-refractivity contribution in [2.45, 2.75) is 25.4 Å². The highest BCUT2D eigenvalue weighted by Crippen LogP contribution is 2.19. The molecule has 0 unspecified atom stereocenters. The third-order valence-electron chi connectivity index (χ3n) is 3.08. The molecule has 1 aromatic rings. The number of hydrogen-bond acceptors (Lipinski definition) is 3. The van der Waals surface area contributed by atoms with Gasteiger partial charge in [0.15, 0.2) is 0 Å². The first-order valence-electron chi connectivity index (χ1n) is 5.49. The Bertz CT molecular complexity index is 310. The number of anilines is 1. The molecule has 0 amide bonds. The van der Waals surface area contributed by atoms with Gasteiger partial charge in [0.1, 0.15) is 0 Å². The lowest BCUT2D eigenvalue weighted by Crippen LogP contribution is -2.31. The summed E-state index contributed by atoms with van der Waals surface area (Å²) in [5.41, 5.74) is 7.71. The molecule has 0 aromatic heterocycles. The van der Waals surface area contributed by atoms with Crippen molar-refractivity contribution in [2.24, 2.45) is 0 Å². The summed E-state index contributed by atoms with van der Waals surface area (Å²) >= 11 is 0. The van der Waals surface area contributed by atoms with Gasteiger partial charge in [0.2, 0.25) is 0 Å². The molecule has 1 saturated heterocycles. The van der Waals surface area contributed by atoms with Gasteiger partial charge in [-0.05, 0) is 37.1 Å². The van der Waals surface area contributed by atoms with Crippen molar-refractivity contribution in [1.82, 2.24) is 4.90 Å². The SMILES string of the molecule is Nc1ccc(CN2CCC[C@@H]2CO)cc1. The number of nitrogen functional groups attached to an aromatic ring is 1. The zero-order valence-corrected chi connectivity index (χ0v) is 8.89. The largest absolute Gasteiger partial charge is 0.399 e. The van der Waals surface area contributed by atoms with Gasteiger partial charge in [0, 0.05) is 18.3 Å². The molecule has 0 spiro atoms. The second-order valence-corrected chi connectivity index (χ2v) is 4.19. The van der Waals surface area contributed by atoms with Crippen molar-refractivity contribution in [2.75, 3.05) is 18.9 Å². The molecular formula is C12H18N2O. The van der Waals surface area contributed by atoms with E-state index in [2.05, 4.69) is 17.0 Å². The summed E-state index contributed by atoms with van der Waals surface area (Å²) in [5.74, 6) is 0. The summed E-state index contributed by atoms with van der Waals surface area (Å²) in [5, 5.41) is 9.20. The highest BCUT2D eigenvalue weighted by Gasteiger charge is 2.23. The van der Waals surface area contributed by atoms with Crippen LogP contribution in [-0.4, -0.2) is 29.2 Å². The lowest BCUT2D eigenvalue weighted by Gasteiger charge is -2.22. The molecule has 1 aliphatic rings. The maximum atomic E-state index is 9.20. The van der Waals surface area contributed by atoms with E-state index in [4.69, 9.17) is 5.73 Å². The number of rotatable bonds is 3. The maximum absolute atomic E-state index is 9.20. The van der Waals surface area contributed by atoms with Gasteiger partial charge in [-0.25, -0.2) is 0 Å². The van der Waals surface area contributed by atoms with Crippen LogP contribution in [0.2, 0.25) is 0 Å². The lowest BCUT2D eigenvalue weighted by molar-refractivity contribution is 0.153. The minimum atomic E-state index is 0.273. The first-order valence-corrected chi connectivity index (χ1v) is 5.49. The van der Waals surface area contributed by atoms with Crippen LogP contribution in [0.3, 0.4) is 0 Å². The summed E-state index contributed by atoms with van der Waals surface area (Å²) in [4.78, 5) is 2.34. The molecule has 0 bridgehead atoms. The Balaban J connectivity index is 1.99. The monoisotopic (exact) mass is 206 g/mol. The van der Waals surface area contributed by atoms with Gasteiger partial charge in [-0.3, -0.25) is 4.90 Å². The van der Waals surface area contributed by atoms with E-state index in [1.165, 1.54) is 12.0 Å². The fourth-order valence-corrected chi connectivity index (χ4v) is 2.17. The van der Waals surface area contributed by atoms with Crippen molar-refractivity contribution < 1.29 is 5.11 Å². The Hall–Kier alpha value is -1.06. The third-order valence-corrected chi connectivity index (χ3v) is 3.08. The summed E-state index contributed by atoms with van der Waals surface area (Å²) in [7, 11) is 0. The van der Waals surface area contributed by atoms with Crippen LogP contribution >= 0.6 is 0 Å². The van der Waals surface area contributed by atoms with E-state index in [-0.39, 0.29) is 6.61 Å². The molecule has 15 heavy (non-hydrogen) atoms. The topological polar surface area (TPSA) is 49.5 Å². The smallest absolute Gasteiger partial charge is 0.0587 e. The first-order chi connectivity index (χ1) is 7.29. The molecule has 0 saturated carbocycles. The molecule has 0 radical (unpaired) electrons. The average Bonchev–Trinajstić information content (AvgIpc) is 2.69. The fraction of sp³-hybridized carbons (Fsp3) is 0.500. The zero-order valence-electron chi connectivity index (χ0n) is 8.89. The quantitative estimate of drug-likeness (QED) is 0.731. The molecule has 2 rings (SSSR count). The molecule has 1 aromatic carbocycles. The molecule has 3 nitrogen and oxygen atoms in total. The summed E-state index contributed by atoms with van der Waals surface area (Å²) in [6.45, 7) is 2.29. The zero-order chi connectivity index (χ0) is 10.7. The minimum Gasteiger partial charge on any atom is -0.399 e. The van der Waals surface area contributed by atoms with Gasteiger partial charge in [0.25, 0.3) is 0 Å². The molecule has 1 atom stereocenters. The summed E-state index contributed by atoms with van der Waals surface area (Å²) in [6.07, 6.45) is 2.31. The Morgan fingerprint density at radius 1 is 1.33 bits per heavy atom. The number of nitrogens with zero attached hydrogens (tertiary/aromatic N) is 1. The normalized spacial score (nSPS) is 22.1. The Kier molecular flexibility index (Phi) is 3.23. The molecule has 1 heterocycles. The van der Waals surface area contributed by atoms with E-state index in [1.54, 1.807) is 0 Å². The highest BCUT2D eigenvalue weighted by molar-refractivity contribution is 5.39. The van der Waals surface area contributed by atoms with Gasteiger partial charge in [0.05, 0.1) is 6.61 Å². The number of likely N-dealkylation sites (tertiary alicyclic amines) is 1. The van der Waals surface area contributed by atoms with Crippen molar-refractivity contribution in [3.05, 3.63) is 29.8 Å². The average molecular weight is 206 g/mol. The van der Waals surface area contributed by atoms with E-state index >= 15 is 0 Å². The van der Waals surface area contributed by atoms with Crippen LogP contribution in [0.15, 0.2) is 24.3 Å². The standard InChI is InChI=1S/C12H18N2O/c13-11-5-3-10(4-6-11)8-14-7-1-2-12(14)9-15/h3-6,12,15H,1-2,7-9,13H2/t12-/m1/s1. The van der Waals surface area contributed by atoms with Gasteiger partial charge < -0.3 is 10.8 Å². The van der Waals surface area contributed by atoms with E-state index in [0.717, 1.165) is 25.2 Å². The molecule has 3 heteroatoms. The van der Waals surface area contributed by atoms with Crippen molar-refractivity contribution in [1.29, 1.82) is 0 Å². The van der Waals surface area contributed by atoms with Crippen LogP contribution < -0.4 is 5.73 Å². The predicted octanol–water partition coefficient (Wildman–Crippen LogP) is 1.23. The van der Waals surface area contributed by atoms with E-state index in [1.807, 2.05) is 12.1 Å². The van der Waals surface area contributed by atoms with Crippen LogP contribution in [0.1, 0.15) is 18.4 Å². The summed E-state index contributed by atoms with van der Waals surface area (Å²) < 4.78 is 0. The van der Waals surface area contributed by atoms with Gasteiger partial charge in [-0.1, -0.05) is 12.1 Å².